The lowest BCUT2D eigenvalue weighted by Crippen LogP contribution is -2.00. The quantitative estimate of drug-likeness (QED) is 0.873. The lowest BCUT2D eigenvalue weighted by Gasteiger charge is -2.08. The predicted molar refractivity (Wildman–Crippen MR) is 76.8 cm³/mol. The summed E-state index contributed by atoms with van der Waals surface area (Å²) in [4.78, 5) is 10.9. The largest absolute Gasteiger partial charge is 0.489 e. The zero-order valence-corrected chi connectivity index (χ0v) is 12.4. The van der Waals surface area contributed by atoms with Gasteiger partial charge >= 0.3 is 5.97 Å². The van der Waals surface area contributed by atoms with E-state index in [2.05, 4.69) is 15.9 Å². The molecule has 0 radical (unpaired) electrons. The summed E-state index contributed by atoms with van der Waals surface area (Å²) < 4.78 is 18.9. The van der Waals surface area contributed by atoms with E-state index in [1.54, 1.807) is 18.2 Å². The molecule has 0 bridgehead atoms. The van der Waals surface area contributed by atoms with E-state index in [1.165, 1.54) is 18.2 Å². The van der Waals surface area contributed by atoms with Gasteiger partial charge in [0.2, 0.25) is 0 Å². The van der Waals surface area contributed by atoms with Crippen molar-refractivity contribution < 1.29 is 19.0 Å². The van der Waals surface area contributed by atoms with Crippen molar-refractivity contribution in [3.05, 3.63) is 62.8 Å². The third kappa shape index (κ3) is 3.49. The Morgan fingerprint density at radius 2 is 2.05 bits per heavy atom. The second-order valence-corrected chi connectivity index (χ2v) is 5.25. The van der Waals surface area contributed by atoms with E-state index < -0.39 is 5.97 Å². The van der Waals surface area contributed by atoms with Crippen LogP contribution in [-0.4, -0.2) is 11.1 Å². The zero-order chi connectivity index (χ0) is 14.7. The van der Waals surface area contributed by atoms with Gasteiger partial charge in [0.15, 0.2) is 0 Å². The number of carbonyl (C=O) groups is 1. The van der Waals surface area contributed by atoms with Crippen LogP contribution >= 0.6 is 27.5 Å². The van der Waals surface area contributed by atoms with Crippen LogP contribution in [0.3, 0.4) is 0 Å². The van der Waals surface area contributed by atoms with Crippen LogP contribution in [0.2, 0.25) is 5.02 Å². The van der Waals surface area contributed by atoms with Gasteiger partial charge in [-0.3, -0.25) is 0 Å². The van der Waals surface area contributed by atoms with Crippen molar-refractivity contribution in [2.45, 2.75) is 6.61 Å². The van der Waals surface area contributed by atoms with Crippen molar-refractivity contribution in [3.8, 4) is 5.75 Å². The van der Waals surface area contributed by atoms with E-state index >= 15 is 0 Å². The Morgan fingerprint density at radius 3 is 2.70 bits per heavy atom. The number of aromatic carboxylic acids is 1. The van der Waals surface area contributed by atoms with Gasteiger partial charge in [-0.05, 0) is 51.8 Å². The highest BCUT2D eigenvalue weighted by molar-refractivity contribution is 9.10. The normalized spacial score (nSPS) is 10.3. The van der Waals surface area contributed by atoms with Crippen LogP contribution in [0.5, 0.6) is 5.75 Å². The highest BCUT2D eigenvalue weighted by Crippen LogP contribution is 2.23. The Labute approximate surface area is 128 Å². The van der Waals surface area contributed by atoms with E-state index in [9.17, 15) is 9.18 Å². The lowest BCUT2D eigenvalue weighted by molar-refractivity contribution is 0.0696. The van der Waals surface area contributed by atoms with E-state index in [0.717, 1.165) is 5.56 Å². The summed E-state index contributed by atoms with van der Waals surface area (Å²) in [6.07, 6.45) is 0. The van der Waals surface area contributed by atoms with Gasteiger partial charge in [-0.25, -0.2) is 9.18 Å². The summed E-state index contributed by atoms with van der Waals surface area (Å²) in [6.45, 7) is 0.194. The minimum atomic E-state index is -1.12. The molecule has 6 heteroatoms. The fourth-order valence-electron chi connectivity index (χ4n) is 1.55. The number of rotatable bonds is 4. The molecule has 0 amide bonds. The van der Waals surface area contributed by atoms with Gasteiger partial charge in [0.1, 0.15) is 18.2 Å². The summed E-state index contributed by atoms with van der Waals surface area (Å²) in [7, 11) is 0. The number of benzene rings is 2. The third-order valence-electron chi connectivity index (χ3n) is 2.56. The highest BCUT2D eigenvalue weighted by atomic mass is 79.9. The molecule has 1 N–H and O–H groups in total. The molecule has 0 atom stereocenters. The van der Waals surface area contributed by atoms with Gasteiger partial charge in [0.25, 0.3) is 0 Å². The SMILES string of the molecule is O=C(O)c1cc(OCc2ccc(F)c(Br)c2)ccc1Cl. The van der Waals surface area contributed by atoms with Crippen molar-refractivity contribution >= 4 is 33.5 Å². The van der Waals surface area contributed by atoms with Crippen LogP contribution in [0, 0.1) is 5.82 Å². The molecule has 0 unspecified atom stereocenters. The maximum atomic E-state index is 13.1. The predicted octanol–water partition coefficient (Wildman–Crippen LogP) is 4.52. The first-order valence-corrected chi connectivity index (χ1v) is 6.74. The minimum absolute atomic E-state index is 0.0237. The number of ether oxygens (including phenoxy) is 1. The summed E-state index contributed by atoms with van der Waals surface area (Å²) in [5.74, 6) is -1.09. The molecule has 0 saturated heterocycles. The fraction of sp³-hybridized carbons (Fsp3) is 0.0714. The zero-order valence-electron chi connectivity index (χ0n) is 10.1. The second-order valence-electron chi connectivity index (χ2n) is 3.98. The van der Waals surface area contributed by atoms with Crippen molar-refractivity contribution in [1.29, 1.82) is 0 Å². The molecular formula is C14H9BrClFO3. The van der Waals surface area contributed by atoms with Gasteiger partial charge in [-0.15, -0.1) is 0 Å². The molecule has 2 aromatic carbocycles. The molecule has 20 heavy (non-hydrogen) atoms. The maximum Gasteiger partial charge on any atom is 0.337 e. The highest BCUT2D eigenvalue weighted by Gasteiger charge is 2.10. The molecule has 0 heterocycles. The second kappa shape index (κ2) is 6.24. The van der Waals surface area contributed by atoms with Gasteiger partial charge in [-0.1, -0.05) is 17.7 Å². The molecule has 2 aromatic rings. The van der Waals surface area contributed by atoms with E-state index in [0.29, 0.717) is 10.2 Å². The van der Waals surface area contributed by atoms with Crippen LogP contribution in [0.1, 0.15) is 15.9 Å². The van der Waals surface area contributed by atoms with Gasteiger partial charge in [-0.2, -0.15) is 0 Å². The molecule has 0 aliphatic heterocycles. The molecule has 0 fully saturated rings. The topological polar surface area (TPSA) is 46.5 Å². The van der Waals surface area contributed by atoms with Crippen LogP contribution in [0.4, 0.5) is 4.39 Å². The van der Waals surface area contributed by atoms with E-state index in [-0.39, 0.29) is 23.0 Å². The van der Waals surface area contributed by atoms with Crippen LogP contribution in [0.15, 0.2) is 40.9 Å². The molecule has 0 aliphatic rings. The number of hydrogen-bond acceptors (Lipinski definition) is 2. The molecule has 0 spiro atoms. The molecule has 104 valence electrons. The van der Waals surface area contributed by atoms with Crippen LogP contribution in [0.25, 0.3) is 0 Å². The summed E-state index contributed by atoms with van der Waals surface area (Å²) >= 11 is 8.85. The lowest BCUT2D eigenvalue weighted by atomic mass is 10.2. The number of hydrogen-bond donors (Lipinski definition) is 1. The first kappa shape index (κ1) is 14.8. The van der Waals surface area contributed by atoms with E-state index in [1.807, 2.05) is 0 Å². The Balaban J connectivity index is 2.12. The van der Waals surface area contributed by atoms with Crippen molar-refractivity contribution in [2.75, 3.05) is 0 Å². The van der Waals surface area contributed by atoms with Crippen LogP contribution < -0.4 is 4.74 Å². The number of halogens is 3. The van der Waals surface area contributed by atoms with Gasteiger partial charge < -0.3 is 9.84 Å². The average Bonchev–Trinajstić information content (AvgIpc) is 2.41. The Hall–Kier alpha value is -1.59. The monoisotopic (exact) mass is 358 g/mol. The smallest absolute Gasteiger partial charge is 0.337 e. The Bertz CT molecular complexity index is 661. The Kier molecular flexibility index (Phi) is 4.62. The van der Waals surface area contributed by atoms with Gasteiger partial charge in [0.05, 0.1) is 15.1 Å². The summed E-state index contributed by atoms with van der Waals surface area (Å²) in [6, 6.07) is 8.91. The van der Waals surface area contributed by atoms with Gasteiger partial charge in [0, 0.05) is 0 Å². The number of carboxylic acids is 1. The Morgan fingerprint density at radius 1 is 1.30 bits per heavy atom. The summed E-state index contributed by atoms with van der Waals surface area (Å²) in [5.41, 5.74) is 0.731. The molecule has 0 saturated carbocycles. The fourth-order valence-corrected chi connectivity index (χ4v) is 2.18. The third-order valence-corrected chi connectivity index (χ3v) is 3.50. The first-order valence-electron chi connectivity index (χ1n) is 5.57. The molecule has 3 nitrogen and oxygen atoms in total. The maximum absolute atomic E-state index is 13.1. The molecule has 0 aliphatic carbocycles. The average molecular weight is 360 g/mol. The van der Waals surface area contributed by atoms with Crippen molar-refractivity contribution in [2.24, 2.45) is 0 Å². The summed E-state index contributed by atoms with van der Waals surface area (Å²) in [5, 5.41) is 9.10. The van der Waals surface area contributed by atoms with Crippen LogP contribution in [-0.2, 0) is 6.61 Å². The number of carboxylic acid groups (broad SMARTS) is 1. The van der Waals surface area contributed by atoms with E-state index in [4.69, 9.17) is 21.4 Å². The standard InChI is InChI=1S/C14H9BrClFO3/c15-11-5-8(1-4-13(11)17)7-20-9-2-3-12(16)10(6-9)14(18)19/h1-6H,7H2,(H,18,19). The molecule has 2 rings (SSSR count). The van der Waals surface area contributed by atoms with Crippen molar-refractivity contribution in [1.82, 2.24) is 0 Å². The first-order chi connectivity index (χ1) is 9.47. The molecule has 0 aromatic heterocycles. The van der Waals surface area contributed by atoms with Crippen molar-refractivity contribution in [3.63, 3.8) is 0 Å². The minimum Gasteiger partial charge on any atom is -0.489 e. The molecular weight excluding hydrogens is 351 g/mol.